The fourth-order valence-electron chi connectivity index (χ4n) is 4.51. The summed E-state index contributed by atoms with van der Waals surface area (Å²) in [5.41, 5.74) is 5.00. The van der Waals surface area contributed by atoms with E-state index in [9.17, 15) is 23.7 Å². The first-order valence-corrected chi connectivity index (χ1v) is 13.6. The highest BCUT2D eigenvalue weighted by atomic mass is 19.4. The van der Waals surface area contributed by atoms with E-state index in [-0.39, 0.29) is 40.7 Å². The van der Waals surface area contributed by atoms with Crippen molar-refractivity contribution in [3.63, 3.8) is 0 Å². The molecule has 226 valence electrons. The average molecular weight is 596 g/mol. The van der Waals surface area contributed by atoms with E-state index < -0.39 is 23.7 Å². The molecule has 1 aromatic heterocycles. The standard InChI is InChI=1S/C30H33F4N9/c1-7-17(2)39-27(31)18(3)24(23-15-43(42-41-23)29(8-9-29)30(32,33)34)40-21-10-19(12-35)25-22(11-21)26(20(13-36)14-37-25)38-16-28(4,5)6/h7,10-11,14-15,24,40-42H,3,8-9,16H2,1-2,4-6H3,(H,37,38)/b17-7-,39-27?/t24-/m0/s1. The average Bonchev–Trinajstić information content (AvgIpc) is 3.64. The molecule has 13 heteroatoms. The lowest BCUT2D eigenvalue weighted by molar-refractivity contribution is -0.195. The van der Waals surface area contributed by atoms with Crippen molar-refractivity contribution in [3.05, 3.63) is 65.3 Å². The van der Waals surface area contributed by atoms with Gasteiger partial charge in [0.05, 0.1) is 34.1 Å². The van der Waals surface area contributed by atoms with Crippen LogP contribution in [0.3, 0.4) is 0 Å². The lowest BCUT2D eigenvalue weighted by Crippen LogP contribution is -2.52. The fraction of sp³-hybridized carbons (Fsp3) is 0.400. The fourth-order valence-corrected chi connectivity index (χ4v) is 4.51. The Kier molecular flexibility index (Phi) is 8.43. The minimum Gasteiger partial charge on any atom is -0.383 e. The molecule has 1 aliphatic heterocycles. The molecule has 0 saturated heterocycles. The number of aliphatic imine (C=N–C) groups is 1. The van der Waals surface area contributed by atoms with Gasteiger partial charge < -0.3 is 16.1 Å². The van der Waals surface area contributed by atoms with Gasteiger partial charge in [-0.05, 0) is 44.2 Å². The number of hydrazine groups is 2. The molecule has 9 nitrogen and oxygen atoms in total. The second kappa shape index (κ2) is 11.6. The van der Waals surface area contributed by atoms with Gasteiger partial charge in [0.1, 0.15) is 12.1 Å². The van der Waals surface area contributed by atoms with Gasteiger partial charge in [-0.2, -0.15) is 28.1 Å². The summed E-state index contributed by atoms with van der Waals surface area (Å²) in [6, 6.07) is 6.26. The maximum atomic E-state index is 15.3. The number of rotatable bonds is 9. The second-order valence-corrected chi connectivity index (χ2v) is 11.8. The summed E-state index contributed by atoms with van der Waals surface area (Å²) in [4.78, 5) is 8.25. The number of alkyl halides is 3. The number of hydrogen-bond donors (Lipinski definition) is 4. The van der Waals surface area contributed by atoms with Gasteiger partial charge in [-0.3, -0.25) is 9.99 Å². The number of aromatic nitrogens is 1. The minimum atomic E-state index is -4.49. The number of nitrogens with one attached hydrogen (secondary N) is 4. The normalized spacial score (nSPS) is 17.5. The van der Waals surface area contributed by atoms with Crippen molar-refractivity contribution in [1.29, 1.82) is 10.5 Å². The maximum absolute atomic E-state index is 15.3. The van der Waals surface area contributed by atoms with Crippen LogP contribution in [0.1, 0.15) is 58.6 Å². The Balaban J connectivity index is 1.82. The molecule has 2 heterocycles. The largest absolute Gasteiger partial charge is 0.413 e. The van der Waals surface area contributed by atoms with E-state index >= 15 is 4.39 Å². The zero-order chi connectivity index (χ0) is 31.7. The van der Waals surface area contributed by atoms with Gasteiger partial charge in [-0.1, -0.05) is 33.4 Å². The van der Waals surface area contributed by atoms with Crippen molar-refractivity contribution in [3.8, 4) is 12.1 Å². The van der Waals surface area contributed by atoms with Crippen molar-refractivity contribution >= 4 is 28.2 Å². The predicted octanol–water partition coefficient (Wildman–Crippen LogP) is 6.33. The highest BCUT2D eigenvalue weighted by Gasteiger charge is 2.67. The molecular formula is C30H33F4N9. The van der Waals surface area contributed by atoms with E-state index in [1.54, 1.807) is 26.0 Å². The Labute approximate surface area is 247 Å². The molecule has 0 amide bonds. The van der Waals surface area contributed by atoms with Crippen LogP contribution in [0, 0.1) is 28.1 Å². The van der Waals surface area contributed by atoms with Gasteiger partial charge >= 0.3 is 6.18 Å². The molecule has 4 N–H and O–H groups in total. The molecule has 0 radical (unpaired) electrons. The zero-order valence-corrected chi connectivity index (χ0v) is 24.5. The van der Waals surface area contributed by atoms with Crippen LogP contribution in [0.4, 0.5) is 28.9 Å². The van der Waals surface area contributed by atoms with Crippen LogP contribution in [0.2, 0.25) is 0 Å². The molecule has 1 saturated carbocycles. The Hall–Kier alpha value is -4.62. The van der Waals surface area contributed by atoms with Gasteiger partial charge in [-0.15, -0.1) is 5.53 Å². The molecule has 4 rings (SSSR count). The monoisotopic (exact) mass is 595 g/mol. The SMILES string of the molecule is C=C(C(F)=N/C(C)=C\C)[C@H](Nc1cc(C#N)c2ncc(C#N)c(NCC(C)(C)C)c2c1)C1=CN(C2(C(F)(F)F)CC2)NN1. The predicted molar refractivity (Wildman–Crippen MR) is 158 cm³/mol. The van der Waals surface area contributed by atoms with E-state index in [0.717, 1.165) is 5.01 Å². The molecule has 0 bridgehead atoms. The molecule has 0 spiro atoms. The number of nitrogens with zero attached hydrogens (tertiary/aromatic N) is 5. The number of allylic oxidation sites excluding steroid dienone is 2. The molecule has 2 aromatic rings. The quantitative estimate of drug-likeness (QED) is 0.196. The molecule has 1 aliphatic carbocycles. The number of anilines is 2. The molecule has 0 unspecified atom stereocenters. The Morgan fingerprint density at radius 1 is 1.23 bits per heavy atom. The number of hydrogen-bond acceptors (Lipinski definition) is 9. The van der Waals surface area contributed by atoms with Crippen molar-refractivity contribution in [2.75, 3.05) is 17.2 Å². The van der Waals surface area contributed by atoms with Crippen LogP contribution in [0.25, 0.3) is 10.9 Å². The zero-order valence-electron chi connectivity index (χ0n) is 24.5. The topological polar surface area (TPSA) is 124 Å². The Morgan fingerprint density at radius 3 is 2.47 bits per heavy atom. The van der Waals surface area contributed by atoms with Crippen LogP contribution in [-0.2, 0) is 0 Å². The first-order chi connectivity index (χ1) is 20.1. The second-order valence-electron chi connectivity index (χ2n) is 11.8. The first-order valence-electron chi connectivity index (χ1n) is 13.6. The van der Waals surface area contributed by atoms with E-state index in [0.29, 0.717) is 34.5 Å². The lowest BCUT2D eigenvalue weighted by Gasteiger charge is -2.28. The summed E-state index contributed by atoms with van der Waals surface area (Å²) in [6.45, 7) is 13.7. The van der Waals surface area contributed by atoms with Gasteiger partial charge in [-0.25, -0.2) is 4.99 Å². The summed E-state index contributed by atoms with van der Waals surface area (Å²) >= 11 is 0. The highest BCUT2D eigenvalue weighted by Crippen LogP contribution is 2.53. The molecule has 2 aliphatic rings. The lowest BCUT2D eigenvalue weighted by atomic mass is 9.96. The molecule has 43 heavy (non-hydrogen) atoms. The van der Waals surface area contributed by atoms with Crippen LogP contribution in [-0.4, -0.2) is 40.3 Å². The minimum absolute atomic E-state index is 0.0981. The van der Waals surface area contributed by atoms with Crippen molar-refractivity contribution < 1.29 is 17.6 Å². The van der Waals surface area contributed by atoms with Gasteiger partial charge in [0.2, 0.25) is 5.97 Å². The van der Waals surface area contributed by atoms with E-state index in [1.807, 2.05) is 20.8 Å². The number of benzene rings is 1. The van der Waals surface area contributed by atoms with Crippen LogP contribution < -0.4 is 21.6 Å². The number of pyridine rings is 1. The third-order valence-electron chi connectivity index (χ3n) is 7.24. The summed E-state index contributed by atoms with van der Waals surface area (Å²) < 4.78 is 56.9. The third-order valence-corrected chi connectivity index (χ3v) is 7.24. The molecular weight excluding hydrogens is 562 g/mol. The van der Waals surface area contributed by atoms with Crippen molar-refractivity contribution in [2.24, 2.45) is 10.4 Å². The van der Waals surface area contributed by atoms with Crippen LogP contribution in [0.5, 0.6) is 0 Å². The van der Waals surface area contributed by atoms with Crippen LogP contribution >= 0.6 is 0 Å². The Morgan fingerprint density at radius 2 is 1.91 bits per heavy atom. The summed E-state index contributed by atoms with van der Waals surface area (Å²) in [6.07, 6.45) is -0.468. The maximum Gasteiger partial charge on any atom is 0.413 e. The van der Waals surface area contributed by atoms with Gasteiger partial charge in [0, 0.05) is 41.3 Å². The van der Waals surface area contributed by atoms with E-state index in [1.165, 1.54) is 18.5 Å². The third kappa shape index (κ3) is 6.42. The molecule has 1 atom stereocenters. The molecule has 1 aromatic carbocycles. The van der Waals surface area contributed by atoms with Gasteiger partial charge in [0.15, 0.2) is 5.54 Å². The van der Waals surface area contributed by atoms with Gasteiger partial charge in [0.25, 0.3) is 0 Å². The number of halogens is 4. The summed E-state index contributed by atoms with van der Waals surface area (Å²) in [5, 5.41) is 27.6. The van der Waals surface area contributed by atoms with Crippen LogP contribution in [0.15, 0.2) is 59.1 Å². The van der Waals surface area contributed by atoms with Crippen molar-refractivity contribution in [1.82, 2.24) is 21.0 Å². The van der Waals surface area contributed by atoms with E-state index in [2.05, 4.69) is 50.3 Å². The van der Waals surface area contributed by atoms with E-state index in [4.69, 9.17) is 0 Å². The number of fused-ring (bicyclic) bond motifs is 1. The summed E-state index contributed by atoms with van der Waals surface area (Å²) in [7, 11) is 0. The molecule has 1 fully saturated rings. The van der Waals surface area contributed by atoms with Crippen molar-refractivity contribution in [2.45, 2.75) is 65.2 Å². The summed E-state index contributed by atoms with van der Waals surface area (Å²) in [5.74, 6) is -0.923. The number of nitriles is 2. The highest BCUT2D eigenvalue weighted by molar-refractivity contribution is 5.99. The smallest absolute Gasteiger partial charge is 0.383 e. The first kappa shape index (κ1) is 31.3. The Bertz CT molecular complexity index is 1610.